The minimum Gasteiger partial charge on any atom is -0.493 e. The second kappa shape index (κ2) is 6.78. The van der Waals surface area contributed by atoms with E-state index in [1.807, 2.05) is 36.4 Å². The molecule has 0 fully saturated rings. The molecule has 0 saturated heterocycles. The van der Waals surface area contributed by atoms with Gasteiger partial charge in [0.15, 0.2) is 0 Å². The molecule has 0 radical (unpaired) electrons. The average Bonchev–Trinajstić information content (AvgIpc) is 2.41. The van der Waals surface area contributed by atoms with Crippen LogP contribution in [0.2, 0.25) is 5.02 Å². The topological polar surface area (TPSA) is 21.3 Å². The molecule has 0 aliphatic rings. The highest BCUT2D eigenvalue weighted by Gasteiger charge is 2.04. The second-order valence-corrected chi connectivity index (χ2v) is 5.31. The van der Waals surface area contributed by atoms with E-state index in [1.165, 1.54) is 0 Å². The zero-order chi connectivity index (χ0) is 13.7. The van der Waals surface area contributed by atoms with Crippen molar-refractivity contribution in [3.63, 3.8) is 0 Å². The summed E-state index contributed by atoms with van der Waals surface area (Å²) in [6.07, 6.45) is 0.995. The Labute approximate surface area is 119 Å². The van der Waals surface area contributed by atoms with Crippen LogP contribution in [0.3, 0.4) is 0 Å². The first-order valence-corrected chi connectivity index (χ1v) is 7.09. The van der Waals surface area contributed by atoms with Gasteiger partial charge in [-0.3, -0.25) is 0 Å². The molecule has 0 aliphatic carbocycles. The number of fused-ring (bicyclic) bond motifs is 1. The molecule has 0 saturated carbocycles. The Morgan fingerprint density at radius 3 is 2.58 bits per heavy atom. The fourth-order valence-corrected chi connectivity index (χ4v) is 2.23. The molecule has 0 aliphatic heterocycles. The van der Waals surface area contributed by atoms with Crippen LogP contribution >= 0.6 is 11.6 Å². The first kappa shape index (κ1) is 14.2. The van der Waals surface area contributed by atoms with E-state index in [0.717, 1.165) is 34.5 Å². The summed E-state index contributed by atoms with van der Waals surface area (Å²) in [6.45, 7) is 5.98. The van der Waals surface area contributed by atoms with Gasteiger partial charge >= 0.3 is 0 Å². The predicted octanol–water partition coefficient (Wildman–Crippen LogP) is 4.26. The second-order valence-electron chi connectivity index (χ2n) is 4.90. The molecule has 0 amide bonds. The van der Waals surface area contributed by atoms with E-state index in [4.69, 9.17) is 16.3 Å². The first-order chi connectivity index (χ1) is 9.18. The van der Waals surface area contributed by atoms with Crippen molar-refractivity contribution in [1.82, 2.24) is 5.32 Å². The number of rotatable bonds is 6. The minimum absolute atomic E-state index is 0.524. The summed E-state index contributed by atoms with van der Waals surface area (Å²) in [5, 5.41) is 6.26. The Morgan fingerprint density at radius 1 is 1.11 bits per heavy atom. The third-order valence-corrected chi connectivity index (χ3v) is 3.29. The maximum atomic E-state index is 6.18. The van der Waals surface area contributed by atoms with E-state index in [9.17, 15) is 0 Å². The summed E-state index contributed by atoms with van der Waals surface area (Å²) < 4.78 is 5.86. The van der Waals surface area contributed by atoms with E-state index in [0.29, 0.717) is 12.6 Å². The molecule has 0 aromatic heterocycles. The van der Waals surface area contributed by atoms with Crippen LogP contribution in [0.1, 0.15) is 20.3 Å². The maximum absolute atomic E-state index is 6.18. The fraction of sp³-hybridized carbons (Fsp3) is 0.375. The van der Waals surface area contributed by atoms with Crippen LogP contribution in [-0.2, 0) is 0 Å². The van der Waals surface area contributed by atoms with E-state index >= 15 is 0 Å². The van der Waals surface area contributed by atoms with Gasteiger partial charge in [0, 0.05) is 21.8 Å². The van der Waals surface area contributed by atoms with Gasteiger partial charge in [-0.1, -0.05) is 49.7 Å². The molecule has 2 rings (SSSR count). The standard InChI is InChI=1S/C16H20ClNO/c1-12(2)18-10-5-11-19-16-9-8-15(17)13-6-3-4-7-14(13)16/h3-4,6-9,12,18H,5,10-11H2,1-2H3. The normalized spacial score (nSPS) is 11.2. The lowest BCUT2D eigenvalue weighted by Gasteiger charge is -2.11. The molecule has 19 heavy (non-hydrogen) atoms. The van der Waals surface area contributed by atoms with Crippen molar-refractivity contribution in [2.24, 2.45) is 0 Å². The van der Waals surface area contributed by atoms with Crippen molar-refractivity contribution in [3.05, 3.63) is 41.4 Å². The maximum Gasteiger partial charge on any atom is 0.127 e. The van der Waals surface area contributed by atoms with Crippen molar-refractivity contribution in [1.29, 1.82) is 0 Å². The SMILES string of the molecule is CC(C)NCCCOc1ccc(Cl)c2ccccc12. The smallest absolute Gasteiger partial charge is 0.127 e. The summed E-state index contributed by atoms with van der Waals surface area (Å²) in [7, 11) is 0. The van der Waals surface area contributed by atoms with Gasteiger partial charge in [-0.25, -0.2) is 0 Å². The fourth-order valence-electron chi connectivity index (χ4n) is 2.01. The highest BCUT2D eigenvalue weighted by Crippen LogP contribution is 2.31. The van der Waals surface area contributed by atoms with Crippen LogP contribution in [0.4, 0.5) is 0 Å². The van der Waals surface area contributed by atoms with Gasteiger partial charge in [-0.2, -0.15) is 0 Å². The molecule has 0 atom stereocenters. The Bertz CT molecular complexity index is 539. The Hall–Kier alpha value is -1.25. The largest absolute Gasteiger partial charge is 0.493 e. The monoisotopic (exact) mass is 277 g/mol. The lowest BCUT2D eigenvalue weighted by molar-refractivity contribution is 0.309. The van der Waals surface area contributed by atoms with Crippen molar-refractivity contribution >= 4 is 22.4 Å². The zero-order valence-corrected chi connectivity index (χ0v) is 12.2. The lowest BCUT2D eigenvalue weighted by Crippen LogP contribution is -2.24. The molecule has 0 heterocycles. The molecule has 0 unspecified atom stereocenters. The van der Waals surface area contributed by atoms with Crippen molar-refractivity contribution < 1.29 is 4.74 Å². The Kier molecular flexibility index (Phi) is 5.06. The quantitative estimate of drug-likeness (QED) is 0.797. The van der Waals surface area contributed by atoms with Gasteiger partial charge in [-0.15, -0.1) is 0 Å². The molecule has 102 valence electrons. The van der Waals surface area contributed by atoms with Crippen LogP contribution in [0, 0.1) is 0 Å². The van der Waals surface area contributed by atoms with Crippen LogP contribution < -0.4 is 10.1 Å². The third kappa shape index (κ3) is 3.85. The summed E-state index contributed by atoms with van der Waals surface area (Å²) in [6, 6.07) is 12.4. The summed E-state index contributed by atoms with van der Waals surface area (Å²) in [5.74, 6) is 0.907. The number of hydrogen-bond acceptors (Lipinski definition) is 2. The lowest BCUT2D eigenvalue weighted by atomic mass is 10.1. The van der Waals surface area contributed by atoms with Crippen LogP contribution in [0.25, 0.3) is 10.8 Å². The van der Waals surface area contributed by atoms with Crippen molar-refractivity contribution in [2.45, 2.75) is 26.3 Å². The number of hydrogen-bond donors (Lipinski definition) is 1. The zero-order valence-electron chi connectivity index (χ0n) is 11.4. The molecular weight excluding hydrogens is 258 g/mol. The van der Waals surface area contributed by atoms with Crippen molar-refractivity contribution in [2.75, 3.05) is 13.2 Å². The highest BCUT2D eigenvalue weighted by molar-refractivity contribution is 6.35. The number of ether oxygens (including phenoxy) is 1. The van der Waals surface area contributed by atoms with Crippen molar-refractivity contribution in [3.8, 4) is 5.75 Å². The Balaban J connectivity index is 1.99. The van der Waals surface area contributed by atoms with E-state index in [-0.39, 0.29) is 0 Å². The summed E-state index contributed by atoms with van der Waals surface area (Å²) >= 11 is 6.18. The van der Waals surface area contributed by atoms with Gasteiger partial charge in [0.05, 0.1) is 6.61 Å². The molecule has 2 aromatic carbocycles. The average molecular weight is 278 g/mol. The first-order valence-electron chi connectivity index (χ1n) is 6.72. The number of benzene rings is 2. The van der Waals surface area contributed by atoms with Crippen LogP contribution in [0.15, 0.2) is 36.4 Å². The Morgan fingerprint density at radius 2 is 1.84 bits per heavy atom. The molecule has 3 heteroatoms. The molecule has 0 bridgehead atoms. The minimum atomic E-state index is 0.524. The summed E-state index contributed by atoms with van der Waals surface area (Å²) in [5.41, 5.74) is 0. The van der Waals surface area contributed by atoms with E-state index in [2.05, 4.69) is 19.2 Å². The van der Waals surface area contributed by atoms with E-state index < -0.39 is 0 Å². The van der Waals surface area contributed by atoms with Crippen LogP contribution in [0.5, 0.6) is 5.75 Å². The number of nitrogens with one attached hydrogen (secondary N) is 1. The summed E-state index contributed by atoms with van der Waals surface area (Å²) in [4.78, 5) is 0. The highest BCUT2D eigenvalue weighted by atomic mass is 35.5. The number of halogens is 1. The third-order valence-electron chi connectivity index (χ3n) is 2.96. The molecule has 2 nitrogen and oxygen atoms in total. The van der Waals surface area contributed by atoms with Gasteiger partial charge in [0.1, 0.15) is 5.75 Å². The molecule has 0 spiro atoms. The van der Waals surface area contributed by atoms with Gasteiger partial charge in [-0.05, 0) is 25.1 Å². The van der Waals surface area contributed by atoms with E-state index in [1.54, 1.807) is 0 Å². The molecular formula is C16H20ClNO. The van der Waals surface area contributed by atoms with Gasteiger partial charge in [0.25, 0.3) is 0 Å². The predicted molar refractivity (Wildman–Crippen MR) is 82.2 cm³/mol. The molecule has 2 aromatic rings. The van der Waals surface area contributed by atoms with Crippen LogP contribution in [-0.4, -0.2) is 19.2 Å². The van der Waals surface area contributed by atoms with Gasteiger partial charge < -0.3 is 10.1 Å². The van der Waals surface area contributed by atoms with Gasteiger partial charge in [0.2, 0.25) is 0 Å². The molecule has 1 N–H and O–H groups in total.